The molecule has 102 valence electrons. The average Bonchev–Trinajstić information content (AvgIpc) is 2.48. The van der Waals surface area contributed by atoms with Gasteiger partial charge in [0.05, 0.1) is 10.6 Å². The van der Waals surface area contributed by atoms with Crippen LogP contribution in [-0.2, 0) is 0 Å². The summed E-state index contributed by atoms with van der Waals surface area (Å²) in [6.45, 7) is 0. The first-order chi connectivity index (χ1) is 10.2. The Balaban J connectivity index is 1.93. The molecule has 0 spiro atoms. The molecule has 0 N–H and O–H groups in total. The van der Waals surface area contributed by atoms with E-state index in [1.54, 1.807) is 18.2 Å². The molecule has 0 saturated heterocycles. The molecular formula is C17H9BrClNO. The predicted octanol–water partition coefficient (Wildman–Crippen LogP) is 5.92. The van der Waals surface area contributed by atoms with Crippen LogP contribution >= 0.6 is 27.5 Å². The minimum Gasteiger partial charge on any atom is -0.457 e. The lowest BCUT2D eigenvalue weighted by atomic mass is 10.1. The lowest BCUT2D eigenvalue weighted by molar-refractivity contribution is 0.483. The van der Waals surface area contributed by atoms with Crippen molar-refractivity contribution in [1.82, 2.24) is 0 Å². The Labute approximate surface area is 135 Å². The molecule has 0 saturated carbocycles. The molecular weight excluding hydrogens is 350 g/mol. The van der Waals surface area contributed by atoms with Gasteiger partial charge in [-0.25, -0.2) is 0 Å². The molecule has 4 heteroatoms. The van der Waals surface area contributed by atoms with Crippen LogP contribution in [0, 0.1) is 11.3 Å². The van der Waals surface area contributed by atoms with Crippen LogP contribution in [0.1, 0.15) is 5.56 Å². The fourth-order valence-electron chi connectivity index (χ4n) is 2.04. The van der Waals surface area contributed by atoms with Crippen molar-refractivity contribution in [1.29, 1.82) is 5.26 Å². The molecule has 2 nitrogen and oxygen atoms in total. The largest absolute Gasteiger partial charge is 0.457 e. The molecule has 0 unspecified atom stereocenters. The van der Waals surface area contributed by atoms with Gasteiger partial charge in [-0.15, -0.1) is 0 Å². The normalized spacial score (nSPS) is 10.3. The highest BCUT2D eigenvalue weighted by molar-refractivity contribution is 9.10. The van der Waals surface area contributed by atoms with Gasteiger partial charge in [0.25, 0.3) is 0 Å². The Morgan fingerprint density at radius 3 is 2.33 bits per heavy atom. The van der Waals surface area contributed by atoms with Crippen LogP contribution in [-0.4, -0.2) is 0 Å². The fraction of sp³-hybridized carbons (Fsp3) is 0. The molecule has 3 aromatic rings. The van der Waals surface area contributed by atoms with Gasteiger partial charge in [-0.3, -0.25) is 0 Å². The van der Waals surface area contributed by atoms with Crippen LogP contribution in [0.3, 0.4) is 0 Å². The zero-order valence-corrected chi connectivity index (χ0v) is 13.1. The van der Waals surface area contributed by atoms with Gasteiger partial charge in [0.15, 0.2) is 0 Å². The number of hydrogen-bond donors (Lipinski definition) is 0. The number of fused-ring (bicyclic) bond motifs is 1. The number of benzene rings is 3. The summed E-state index contributed by atoms with van der Waals surface area (Å²) >= 11 is 9.45. The second-order valence-corrected chi connectivity index (χ2v) is 5.83. The minimum atomic E-state index is 0.389. The van der Waals surface area contributed by atoms with Crippen molar-refractivity contribution in [2.75, 3.05) is 0 Å². The SMILES string of the molecule is N#Cc1ccc(Oc2ccc3cc(Br)ccc3c2)cc1Cl. The highest BCUT2D eigenvalue weighted by atomic mass is 79.9. The van der Waals surface area contributed by atoms with Crippen LogP contribution in [0.25, 0.3) is 10.8 Å². The van der Waals surface area contributed by atoms with Gasteiger partial charge in [-0.2, -0.15) is 5.26 Å². The number of ether oxygens (including phenoxy) is 1. The van der Waals surface area contributed by atoms with E-state index in [1.165, 1.54) is 0 Å². The number of halogens is 2. The molecule has 0 aliphatic carbocycles. The minimum absolute atomic E-state index is 0.389. The third kappa shape index (κ3) is 3.02. The van der Waals surface area contributed by atoms with E-state index in [1.807, 2.05) is 36.4 Å². The van der Waals surface area contributed by atoms with Crippen molar-refractivity contribution in [3.63, 3.8) is 0 Å². The van der Waals surface area contributed by atoms with E-state index < -0.39 is 0 Å². The number of nitriles is 1. The summed E-state index contributed by atoms with van der Waals surface area (Å²) < 4.78 is 6.84. The maximum atomic E-state index is 8.86. The van der Waals surface area contributed by atoms with E-state index in [-0.39, 0.29) is 0 Å². The summed E-state index contributed by atoms with van der Waals surface area (Å²) in [5.74, 6) is 1.33. The van der Waals surface area contributed by atoms with Crippen molar-refractivity contribution in [2.24, 2.45) is 0 Å². The predicted molar refractivity (Wildman–Crippen MR) is 87.9 cm³/mol. The summed E-state index contributed by atoms with van der Waals surface area (Å²) in [6, 6.07) is 19.0. The van der Waals surface area contributed by atoms with Gasteiger partial charge >= 0.3 is 0 Å². The van der Waals surface area contributed by atoms with E-state index in [0.29, 0.717) is 16.3 Å². The van der Waals surface area contributed by atoms with E-state index >= 15 is 0 Å². The smallest absolute Gasteiger partial charge is 0.129 e. The van der Waals surface area contributed by atoms with E-state index in [0.717, 1.165) is 21.0 Å². The first-order valence-corrected chi connectivity index (χ1v) is 7.39. The molecule has 3 rings (SSSR count). The molecule has 0 heterocycles. The van der Waals surface area contributed by atoms with E-state index in [2.05, 4.69) is 22.0 Å². The van der Waals surface area contributed by atoms with E-state index in [9.17, 15) is 0 Å². The third-order valence-corrected chi connectivity index (χ3v) is 3.88. The monoisotopic (exact) mass is 357 g/mol. The molecule has 21 heavy (non-hydrogen) atoms. The van der Waals surface area contributed by atoms with Gasteiger partial charge in [0.1, 0.15) is 17.6 Å². The van der Waals surface area contributed by atoms with Crippen molar-refractivity contribution in [2.45, 2.75) is 0 Å². The van der Waals surface area contributed by atoms with Crippen molar-refractivity contribution >= 4 is 38.3 Å². The van der Waals surface area contributed by atoms with Crippen molar-refractivity contribution in [3.8, 4) is 17.6 Å². The zero-order valence-electron chi connectivity index (χ0n) is 10.8. The van der Waals surface area contributed by atoms with Gasteiger partial charge in [0, 0.05) is 10.5 Å². The van der Waals surface area contributed by atoms with Crippen molar-refractivity contribution in [3.05, 3.63) is 69.7 Å². The van der Waals surface area contributed by atoms with Crippen LogP contribution in [0.2, 0.25) is 5.02 Å². The summed E-state index contributed by atoms with van der Waals surface area (Å²) in [5.41, 5.74) is 0.437. The first kappa shape index (κ1) is 13.9. The Kier molecular flexibility index (Phi) is 3.83. The van der Waals surface area contributed by atoms with Crippen LogP contribution in [0.5, 0.6) is 11.5 Å². The topological polar surface area (TPSA) is 33.0 Å². The molecule has 0 radical (unpaired) electrons. The first-order valence-electron chi connectivity index (χ1n) is 6.22. The molecule has 0 aliphatic rings. The molecule has 3 aromatic carbocycles. The Morgan fingerprint density at radius 1 is 0.905 bits per heavy atom. The lowest BCUT2D eigenvalue weighted by Gasteiger charge is -2.08. The average molecular weight is 359 g/mol. The van der Waals surface area contributed by atoms with Crippen LogP contribution < -0.4 is 4.74 Å². The van der Waals surface area contributed by atoms with Crippen LogP contribution in [0.15, 0.2) is 59.1 Å². The fourth-order valence-corrected chi connectivity index (χ4v) is 2.64. The third-order valence-electron chi connectivity index (χ3n) is 3.07. The second kappa shape index (κ2) is 5.77. The Bertz CT molecular complexity index is 870. The molecule has 0 bridgehead atoms. The van der Waals surface area contributed by atoms with Gasteiger partial charge in [0.2, 0.25) is 0 Å². The molecule has 0 amide bonds. The molecule has 0 aliphatic heterocycles. The molecule has 0 fully saturated rings. The molecule has 0 atom stereocenters. The molecule has 0 aromatic heterocycles. The number of nitrogens with zero attached hydrogens (tertiary/aromatic N) is 1. The highest BCUT2D eigenvalue weighted by Gasteiger charge is 2.04. The standard InChI is InChI=1S/C17H9BrClNO/c18-14-4-1-12-8-15(5-2-11(12)7-14)21-16-6-3-13(10-20)17(19)9-16/h1-9H. The summed E-state index contributed by atoms with van der Waals surface area (Å²) in [6.07, 6.45) is 0. The van der Waals surface area contributed by atoms with Gasteiger partial charge in [-0.05, 0) is 47.2 Å². The van der Waals surface area contributed by atoms with Gasteiger partial charge in [-0.1, -0.05) is 39.7 Å². The number of hydrogen-bond acceptors (Lipinski definition) is 2. The maximum Gasteiger partial charge on any atom is 0.129 e. The maximum absolute atomic E-state index is 8.86. The summed E-state index contributed by atoms with van der Waals surface area (Å²) in [5, 5.41) is 11.5. The lowest BCUT2D eigenvalue weighted by Crippen LogP contribution is -1.86. The number of rotatable bonds is 2. The quantitative estimate of drug-likeness (QED) is 0.569. The van der Waals surface area contributed by atoms with Crippen molar-refractivity contribution < 1.29 is 4.74 Å². The second-order valence-electron chi connectivity index (χ2n) is 4.51. The Hall–Kier alpha value is -2.02. The Morgan fingerprint density at radius 2 is 1.57 bits per heavy atom. The van der Waals surface area contributed by atoms with Gasteiger partial charge < -0.3 is 4.74 Å². The van der Waals surface area contributed by atoms with E-state index in [4.69, 9.17) is 21.6 Å². The zero-order chi connectivity index (χ0) is 14.8. The van der Waals surface area contributed by atoms with Crippen LogP contribution in [0.4, 0.5) is 0 Å². The summed E-state index contributed by atoms with van der Waals surface area (Å²) in [4.78, 5) is 0. The summed E-state index contributed by atoms with van der Waals surface area (Å²) in [7, 11) is 0. The highest BCUT2D eigenvalue weighted by Crippen LogP contribution is 2.29.